The molecule has 1 aromatic rings. The maximum atomic E-state index is 11.8. The van der Waals surface area contributed by atoms with E-state index in [9.17, 15) is 4.79 Å². The summed E-state index contributed by atoms with van der Waals surface area (Å²) < 4.78 is 0. The second kappa shape index (κ2) is 4.58. The second-order valence-corrected chi connectivity index (χ2v) is 4.11. The van der Waals surface area contributed by atoms with Crippen molar-refractivity contribution >= 4 is 17.4 Å². The fourth-order valence-electron chi connectivity index (χ4n) is 1.75. The van der Waals surface area contributed by atoms with E-state index >= 15 is 0 Å². The van der Waals surface area contributed by atoms with Crippen molar-refractivity contribution in [3.8, 4) is 0 Å². The average Bonchev–Trinajstić information content (AvgIpc) is 2.71. The highest BCUT2D eigenvalue weighted by Crippen LogP contribution is 2.22. The summed E-state index contributed by atoms with van der Waals surface area (Å²) in [6, 6.07) is 3.38. The van der Waals surface area contributed by atoms with Crippen molar-refractivity contribution in [1.29, 1.82) is 0 Å². The monoisotopic (exact) mass is 221 g/mol. The van der Waals surface area contributed by atoms with Gasteiger partial charge in [-0.25, -0.2) is 4.98 Å². The van der Waals surface area contributed by atoms with Gasteiger partial charge in [-0.05, 0) is 31.4 Å². The molecular weight excluding hydrogens is 210 g/mol. The van der Waals surface area contributed by atoms with Crippen LogP contribution in [0.3, 0.4) is 0 Å². The fourth-order valence-corrected chi connectivity index (χ4v) is 1.86. The predicted molar refractivity (Wildman–Crippen MR) is 60.1 cm³/mol. The zero-order valence-electron chi connectivity index (χ0n) is 8.37. The number of aromatic nitrogens is 1. The summed E-state index contributed by atoms with van der Waals surface area (Å²) in [7, 11) is 0. The van der Waals surface area contributed by atoms with Crippen molar-refractivity contribution in [3.63, 3.8) is 0 Å². The van der Waals surface area contributed by atoms with E-state index in [1.165, 1.54) is 12.0 Å². The minimum absolute atomic E-state index is 0.132. The lowest BCUT2D eigenvalue weighted by Gasteiger charge is -2.01. The largest absolute Gasteiger partial charge is 0.294 e. The van der Waals surface area contributed by atoms with E-state index in [4.69, 9.17) is 11.6 Å². The molecule has 78 valence electrons. The smallest absolute Gasteiger partial charge is 0.168 e. The van der Waals surface area contributed by atoms with Gasteiger partial charge in [0.25, 0.3) is 0 Å². The minimum atomic E-state index is 0.132. The number of carbonyl (C=O) groups excluding carboxylic acids is 1. The average molecular weight is 222 g/mol. The van der Waals surface area contributed by atoms with Crippen molar-refractivity contribution in [1.82, 2.24) is 4.98 Å². The first-order valence-corrected chi connectivity index (χ1v) is 5.46. The van der Waals surface area contributed by atoms with Crippen molar-refractivity contribution in [2.45, 2.75) is 25.7 Å². The lowest BCUT2D eigenvalue weighted by molar-refractivity contribution is 0.0992. The van der Waals surface area contributed by atoms with Gasteiger partial charge >= 0.3 is 0 Å². The van der Waals surface area contributed by atoms with Gasteiger partial charge in [-0.15, -0.1) is 0 Å². The molecule has 0 N–H and O–H groups in total. The van der Waals surface area contributed by atoms with Crippen LogP contribution in [0, 0.1) is 0 Å². The van der Waals surface area contributed by atoms with Crippen LogP contribution in [0.25, 0.3) is 0 Å². The third-order valence-electron chi connectivity index (χ3n) is 2.57. The second-order valence-electron chi connectivity index (χ2n) is 3.72. The number of hydrogen-bond donors (Lipinski definition) is 0. The quantitative estimate of drug-likeness (QED) is 0.445. The van der Waals surface area contributed by atoms with E-state index in [0.717, 1.165) is 12.8 Å². The van der Waals surface area contributed by atoms with Crippen molar-refractivity contribution < 1.29 is 4.79 Å². The Kier molecular flexibility index (Phi) is 3.17. The number of pyridine rings is 1. The highest BCUT2D eigenvalue weighted by Gasteiger charge is 2.11. The molecule has 0 fully saturated rings. The molecule has 0 unspecified atom stereocenters. The molecule has 1 heterocycles. The molecule has 15 heavy (non-hydrogen) atoms. The molecule has 1 aromatic heterocycles. The number of carbonyl (C=O) groups is 1. The molecule has 2 nitrogen and oxygen atoms in total. The van der Waals surface area contributed by atoms with Gasteiger partial charge in [0.1, 0.15) is 5.15 Å². The summed E-state index contributed by atoms with van der Waals surface area (Å²) in [5.74, 6) is 0.132. The fraction of sp³-hybridized carbons (Fsp3) is 0.333. The van der Waals surface area contributed by atoms with Gasteiger partial charge in [-0.1, -0.05) is 23.3 Å². The van der Waals surface area contributed by atoms with Crippen LogP contribution in [0.4, 0.5) is 0 Å². The van der Waals surface area contributed by atoms with Crippen molar-refractivity contribution in [3.05, 3.63) is 40.7 Å². The van der Waals surface area contributed by atoms with Crippen LogP contribution >= 0.6 is 11.6 Å². The Morgan fingerprint density at radius 3 is 2.93 bits per heavy atom. The van der Waals surface area contributed by atoms with E-state index in [1.807, 2.05) is 0 Å². The first-order chi connectivity index (χ1) is 7.25. The third-order valence-corrected chi connectivity index (χ3v) is 2.80. The Morgan fingerprint density at radius 2 is 2.33 bits per heavy atom. The Morgan fingerprint density at radius 1 is 1.47 bits per heavy atom. The molecule has 0 aromatic carbocycles. The van der Waals surface area contributed by atoms with Crippen LogP contribution < -0.4 is 0 Å². The van der Waals surface area contributed by atoms with E-state index in [2.05, 4.69) is 11.1 Å². The maximum absolute atomic E-state index is 11.8. The molecule has 2 rings (SSSR count). The number of hydrogen-bond acceptors (Lipinski definition) is 2. The van der Waals surface area contributed by atoms with Gasteiger partial charge in [0.05, 0.1) is 0 Å². The molecule has 0 spiro atoms. The maximum Gasteiger partial charge on any atom is 0.168 e. The number of nitrogens with zero attached hydrogens (tertiary/aromatic N) is 1. The van der Waals surface area contributed by atoms with E-state index in [1.54, 1.807) is 18.3 Å². The molecule has 3 heteroatoms. The van der Waals surface area contributed by atoms with E-state index in [0.29, 0.717) is 17.1 Å². The first-order valence-electron chi connectivity index (χ1n) is 5.08. The summed E-state index contributed by atoms with van der Waals surface area (Å²) >= 11 is 5.65. The summed E-state index contributed by atoms with van der Waals surface area (Å²) in [6.07, 6.45) is 7.60. The van der Waals surface area contributed by atoms with Gasteiger partial charge in [0, 0.05) is 18.2 Å². The van der Waals surface area contributed by atoms with E-state index in [-0.39, 0.29) is 5.78 Å². The van der Waals surface area contributed by atoms with Crippen molar-refractivity contribution in [2.75, 3.05) is 0 Å². The molecule has 0 atom stereocenters. The number of rotatable bonds is 3. The molecule has 0 aliphatic heterocycles. The zero-order valence-corrected chi connectivity index (χ0v) is 9.13. The molecule has 0 amide bonds. The van der Waals surface area contributed by atoms with Crippen LogP contribution in [0.2, 0.25) is 5.15 Å². The Labute approximate surface area is 94.0 Å². The highest BCUT2D eigenvalue weighted by atomic mass is 35.5. The van der Waals surface area contributed by atoms with Gasteiger partial charge < -0.3 is 0 Å². The van der Waals surface area contributed by atoms with Gasteiger partial charge in [-0.2, -0.15) is 0 Å². The normalized spacial score (nSPS) is 15.1. The van der Waals surface area contributed by atoms with Crippen LogP contribution in [-0.2, 0) is 0 Å². The molecule has 1 aliphatic rings. The first kappa shape index (κ1) is 10.4. The Hall–Kier alpha value is -1.15. The third kappa shape index (κ3) is 2.66. The van der Waals surface area contributed by atoms with Crippen molar-refractivity contribution in [2.24, 2.45) is 0 Å². The predicted octanol–water partition coefficient (Wildman–Crippen LogP) is 3.42. The molecule has 0 saturated carbocycles. The molecular formula is C12H12ClNO. The minimum Gasteiger partial charge on any atom is -0.294 e. The standard InChI is InChI=1S/C12H12ClNO/c13-12-6-5-10(8-14-12)11(15)7-9-3-1-2-4-9/h3,5-6,8H,1-2,4,7H2. The lowest BCUT2D eigenvalue weighted by atomic mass is 10.0. The van der Waals surface area contributed by atoms with Crippen LogP contribution in [0.1, 0.15) is 36.0 Å². The van der Waals surface area contributed by atoms with Crippen LogP contribution in [0.5, 0.6) is 0 Å². The van der Waals surface area contributed by atoms with Gasteiger partial charge in [-0.3, -0.25) is 4.79 Å². The summed E-state index contributed by atoms with van der Waals surface area (Å²) in [5, 5.41) is 0.423. The van der Waals surface area contributed by atoms with Crippen LogP contribution in [-0.4, -0.2) is 10.8 Å². The summed E-state index contributed by atoms with van der Waals surface area (Å²) in [6.45, 7) is 0. The van der Waals surface area contributed by atoms with Gasteiger partial charge in [0.2, 0.25) is 0 Å². The molecule has 1 aliphatic carbocycles. The Balaban J connectivity index is 2.04. The molecule has 0 radical (unpaired) electrons. The highest BCUT2D eigenvalue weighted by molar-refractivity contribution is 6.29. The SMILES string of the molecule is O=C(CC1=CCCC1)c1ccc(Cl)nc1. The number of allylic oxidation sites excluding steroid dienone is 2. The number of halogens is 1. The van der Waals surface area contributed by atoms with Gasteiger partial charge in [0.15, 0.2) is 5.78 Å². The Bertz CT molecular complexity index is 395. The lowest BCUT2D eigenvalue weighted by Crippen LogP contribution is -2.00. The number of Topliss-reactive ketones (excluding diaryl/α,β-unsaturated/α-hetero) is 1. The van der Waals surface area contributed by atoms with E-state index < -0.39 is 0 Å². The molecule has 0 bridgehead atoms. The molecule has 0 saturated heterocycles. The zero-order chi connectivity index (χ0) is 10.7. The summed E-state index contributed by atoms with van der Waals surface area (Å²) in [5.41, 5.74) is 1.90. The number of ketones is 1. The van der Waals surface area contributed by atoms with Crippen LogP contribution in [0.15, 0.2) is 30.0 Å². The summed E-state index contributed by atoms with van der Waals surface area (Å²) in [4.78, 5) is 15.7. The topological polar surface area (TPSA) is 30.0 Å².